The van der Waals surface area contributed by atoms with Crippen LogP contribution < -0.4 is 15.4 Å². The van der Waals surface area contributed by atoms with Crippen LogP contribution in [0.1, 0.15) is 79.3 Å². The Hall–Kier alpha value is -3.33. The van der Waals surface area contributed by atoms with Gasteiger partial charge in [-0.1, -0.05) is 13.0 Å². The van der Waals surface area contributed by atoms with Crippen LogP contribution in [-0.2, 0) is 23.4 Å². The zero-order chi connectivity index (χ0) is 30.4. The monoisotopic (exact) mass is 602 g/mol. The van der Waals surface area contributed by atoms with Crippen LogP contribution in [0.5, 0.6) is 6.01 Å². The van der Waals surface area contributed by atoms with Gasteiger partial charge in [0.15, 0.2) is 0 Å². The van der Waals surface area contributed by atoms with Crippen molar-refractivity contribution in [3.05, 3.63) is 40.1 Å². The van der Waals surface area contributed by atoms with E-state index in [1.807, 2.05) is 23.8 Å². The van der Waals surface area contributed by atoms with Crippen molar-refractivity contribution in [3.63, 3.8) is 0 Å². The summed E-state index contributed by atoms with van der Waals surface area (Å²) in [6, 6.07) is 6.55. The minimum absolute atomic E-state index is 0.231. The molecule has 0 amide bonds. The van der Waals surface area contributed by atoms with Crippen LogP contribution in [0.25, 0.3) is 0 Å². The van der Waals surface area contributed by atoms with Gasteiger partial charge in [0.2, 0.25) is 0 Å². The fraction of sp³-hybridized carbons (Fsp3) is 0.636. The van der Waals surface area contributed by atoms with Gasteiger partial charge in [-0.05, 0) is 49.8 Å². The van der Waals surface area contributed by atoms with Crippen LogP contribution in [0.4, 0.5) is 15.9 Å². The van der Waals surface area contributed by atoms with E-state index in [-0.39, 0.29) is 16.9 Å². The van der Waals surface area contributed by atoms with E-state index < -0.39 is 18.0 Å². The van der Waals surface area contributed by atoms with Crippen LogP contribution >= 0.6 is 0 Å². The van der Waals surface area contributed by atoms with Gasteiger partial charge in [-0.25, -0.2) is 8.97 Å². The number of hydrogen-bond donors (Lipinski definition) is 2. The normalized spacial score (nSPS) is 33.5. The quantitative estimate of drug-likeness (QED) is 0.402. The third-order valence-electron chi connectivity index (χ3n) is 11.6. The molecule has 8 rings (SSSR count). The van der Waals surface area contributed by atoms with Crippen molar-refractivity contribution in [2.75, 3.05) is 50.5 Å². The lowest BCUT2D eigenvalue weighted by Crippen LogP contribution is -2.62. The zero-order valence-electron chi connectivity index (χ0n) is 25.6. The summed E-state index contributed by atoms with van der Waals surface area (Å²) in [4.78, 5) is 14.4. The Balaban J connectivity index is 1.16. The Morgan fingerprint density at radius 2 is 2.14 bits per heavy atom. The number of nitrogens with zero attached hydrogens (tertiary/aromatic N) is 6. The lowest BCUT2D eigenvalue weighted by molar-refractivity contribution is -0.589. The zero-order valence-corrected chi connectivity index (χ0v) is 25.6. The minimum Gasteiger partial charge on any atom is -0.461 e. The van der Waals surface area contributed by atoms with Gasteiger partial charge in [0.1, 0.15) is 48.9 Å². The molecule has 2 aromatic rings. The van der Waals surface area contributed by atoms with E-state index in [9.17, 15) is 14.8 Å². The molecular formula is C33H41FN7O3+. The second kappa shape index (κ2) is 9.83. The molecule has 232 valence electrons. The van der Waals surface area contributed by atoms with Gasteiger partial charge in [-0.3, -0.25) is 4.90 Å². The third-order valence-corrected chi connectivity index (χ3v) is 11.6. The highest BCUT2D eigenvalue weighted by Gasteiger charge is 2.58. The highest BCUT2D eigenvalue weighted by atomic mass is 19.1. The number of aliphatic hydroxyl groups excluding tert-OH is 1. The smallest absolute Gasteiger partial charge is 0.318 e. The molecule has 44 heavy (non-hydrogen) atoms. The third kappa shape index (κ3) is 4.03. The predicted molar refractivity (Wildman–Crippen MR) is 161 cm³/mol. The number of fused-ring (bicyclic) bond motifs is 4. The number of anilines is 2. The molecule has 0 saturated carbocycles. The van der Waals surface area contributed by atoms with E-state index in [0.717, 1.165) is 66.9 Å². The van der Waals surface area contributed by atoms with Crippen LogP contribution in [0, 0.1) is 16.7 Å². The Morgan fingerprint density at radius 3 is 2.91 bits per heavy atom. The molecular weight excluding hydrogens is 561 g/mol. The van der Waals surface area contributed by atoms with Crippen LogP contribution in [0.15, 0.2) is 12.1 Å². The van der Waals surface area contributed by atoms with E-state index >= 15 is 0 Å². The Bertz CT molecular complexity index is 1600. The lowest BCUT2D eigenvalue weighted by atomic mass is 9.69. The van der Waals surface area contributed by atoms with Gasteiger partial charge in [0, 0.05) is 55.7 Å². The van der Waals surface area contributed by atoms with Crippen LogP contribution in [0.3, 0.4) is 0 Å². The molecule has 5 aliphatic heterocycles. The second-order valence-corrected chi connectivity index (χ2v) is 14.3. The lowest BCUT2D eigenvalue weighted by Gasteiger charge is -2.49. The molecule has 5 unspecified atom stereocenters. The van der Waals surface area contributed by atoms with Gasteiger partial charge in [0.25, 0.3) is 6.23 Å². The first kappa shape index (κ1) is 28.2. The number of nitrogens with two attached hydrogens (primary N) is 1. The molecule has 0 radical (unpaired) electrons. The number of aromatic nitrogens is 2. The summed E-state index contributed by atoms with van der Waals surface area (Å²) < 4.78 is 29.6. The number of nitriles is 1. The molecule has 3 N–H and O–H groups in total. The summed E-state index contributed by atoms with van der Waals surface area (Å²) in [6.07, 6.45) is 6.09. The fourth-order valence-corrected chi connectivity index (χ4v) is 9.12. The van der Waals surface area contributed by atoms with E-state index in [1.54, 1.807) is 0 Å². The Kier molecular flexibility index (Phi) is 6.29. The van der Waals surface area contributed by atoms with Crippen LogP contribution in [-0.4, -0.2) is 88.5 Å². The molecule has 1 aromatic heterocycles. The standard InChI is InChI=1S/C33H41FN7O3/c1-20-6-8-33(27-22(20)4-5-25(36)23(27)14-35)13-26-24(16-44-33)28(40-17-31(18-40)9-11-39(2)29(31)42)38-30(37-26)43-19-32-7-3-10-41(32)15-21(34)12-32/h4-5,11,20-21,29,42H,3,6-10,12-13,15-19,36H2,1-2H3/q+1. The number of rotatable bonds is 4. The first-order valence-electron chi connectivity index (χ1n) is 16.0. The van der Waals surface area contributed by atoms with Gasteiger partial charge in [0.05, 0.1) is 23.4 Å². The predicted octanol–water partition coefficient (Wildman–Crippen LogP) is 2.99. The molecule has 5 atom stereocenters. The average Bonchev–Trinajstić information content (AvgIpc) is 3.62. The SMILES string of the molecule is CC1CCC2(Cc3nc(OCC45CCCN4CC(F)C5)nc(N4CC5(CC=[N+](C)C5O)C4)c3CO2)c2c1ccc(N)c2C#N. The maximum absolute atomic E-state index is 14.5. The summed E-state index contributed by atoms with van der Waals surface area (Å²) in [7, 11) is 1.91. The average molecular weight is 603 g/mol. The maximum atomic E-state index is 14.5. The highest BCUT2D eigenvalue weighted by Crippen LogP contribution is 2.52. The summed E-state index contributed by atoms with van der Waals surface area (Å²) >= 11 is 0. The number of nitrogen functional groups attached to an aromatic ring is 1. The van der Waals surface area contributed by atoms with Crippen molar-refractivity contribution >= 4 is 17.7 Å². The van der Waals surface area contributed by atoms with E-state index in [2.05, 4.69) is 29.0 Å². The topological polar surface area (TPSA) is 124 Å². The van der Waals surface area contributed by atoms with Crippen molar-refractivity contribution in [2.24, 2.45) is 5.41 Å². The molecule has 2 spiro atoms. The van der Waals surface area contributed by atoms with E-state index in [4.69, 9.17) is 25.2 Å². The fourth-order valence-electron chi connectivity index (χ4n) is 9.12. The number of ether oxygens (including phenoxy) is 2. The number of halogens is 1. The number of benzene rings is 1. The van der Waals surface area contributed by atoms with Crippen molar-refractivity contribution in [2.45, 2.75) is 87.9 Å². The molecule has 0 bridgehead atoms. The molecule has 6 aliphatic rings. The first-order chi connectivity index (χ1) is 21.2. The maximum Gasteiger partial charge on any atom is 0.318 e. The molecule has 3 fully saturated rings. The molecule has 11 heteroatoms. The molecule has 1 aromatic carbocycles. The van der Waals surface area contributed by atoms with E-state index in [1.165, 1.54) is 0 Å². The van der Waals surface area contributed by atoms with Gasteiger partial charge >= 0.3 is 6.01 Å². The second-order valence-electron chi connectivity index (χ2n) is 14.3. The van der Waals surface area contributed by atoms with Crippen LogP contribution in [0.2, 0.25) is 0 Å². The summed E-state index contributed by atoms with van der Waals surface area (Å²) in [5.74, 6) is 1.07. The van der Waals surface area contributed by atoms with E-state index in [0.29, 0.717) is 63.0 Å². The molecule has 1 aliphatic carbocycles. The molecule has 10 nitrogen and oxygen atoms in total. The van der Waals surface area contributed by atoms with Crippen molar-refractivity contribution in [3.8, 4) is 12.1 Å². The summed E-state index contributed by atoms with van der Waals surface area (Å²) in [5.41, 5.74) is 9.82. The van der Waals surface area contributed by atoms with Crippen molar-refractivity contribution in [1.29, 1.82) is 5.26 Å². The van der Waals surface area contributed by atoms with Gasteiger partial charge < -0.3 is 25.2 Å². The number of aliphatic hydroxyl groups is 1. The van der Waals surface area contributed by atoms with Gasteiger partial charge in [-0.15, -0.1) is 0 Å². The number of alkyl halides is 1. The Labute approximate surface area is 257 Å². The first-order valence-corrected chi connectivity index (χ1v) is 16.0. The minimum atomic E-state index is -0.837. The van der Waals surface area contributed by atoms with Crippen molar-refractivity contribution in [1.82, 2.24) is 14.9 Å². The highest BCUT2D eigenvalue weighted by molar-refractivity contribution is 5.64. The van der Waals surface area contributed by atoms with Crippen molar-refractivity contribution < 1.29 is 23.5 Å². The molecule has 6 heterocycles. The number of hydrogen-bond acceptors (Lipinski definition) is 9. The van der Waals surface area contributed by atoms with Gasteiger partial charge in [-0.2, -0.15) is 15.2 Å². The Morgan fingerprint density at radius 1 is 1.30 bits per heavy atom. The largest absolute Gasteiger partial charge is 0.461 e. The summed E-state index contributed by atoms with van der Waals surface area (Å²) in [5, 5.41) is 21.1. The summed E-state index contributed by atoms with van der Waals surface area (Å²) in [6.45, 7) is 5.54. The molecule has 3 saturated heterocycles.